The summed E-state index contributed by atoms with van der Waals surface area (Å²) < 4.78 is 5.78. The van der Waals surface area contributed by atoms with E-state index in [-0.39, 0.29) is 24.3 Å². The molecule has 0 spiro atoms. The van der Waals surface area contributed by atoms with Gasteiger partial charge in [-0.1, -0.05) is 36.4 Å². The molecule has 0 radical (unpaired) electrons. The molecule has 0 aliphatic carbocycles. The van der Waals surface area contributed by atoms with Gasteiger partial charge in [-0.2, -0.15) is 0 Å². The first-order chi connectivity index (χ1) is 13.1. The van der Waals surface area contributed by atoms with Crippen LogP contribution >= 0.6 is 0 Å². The van der Waals surface area contributed by atoms with Crippen LogP contribution < -0.4 is 9.64 Å². The first kappa shape index (κ1) is 17.6. The van der Waals surface area contributed by atoms with Gasteiger partial charge >= 0.3 is 0 Å². The molecule has 2 aliphatic rings. The molecule has 1 atom stereocenters. The number of anilines is 1. The third kappa shape index (κ3) is 3.42. The van der Waals surface area contributed by atoms with E-state index in [1.807, 2.05) is 52.3 Å². The van der Waals surface area contributed by atoms with Crippen LogP contribution in [-0.4, -0.2) is 36.4 Å². The Balaban J connectivity index is 1.64. The highest BCUT2D eigenvalue weighted by molar-refractivity contribution is 5.95. The summed E-state index contributed by atoms with van der Waals surface area (Å²) in [5.74, 6) is 0.790. The minimum atomic E-state index is -0.212. The number of carbonyl (C=O) groups excluding carboxylic acids is 2. The maximum atomic E-state index is 13.3. The third-order valence-electron chi connectivity index (χ3n) is 5.43. The summed E-state index contributed by atoms with van der Waals surface area (Å²) in [6.07, 6.45) is 1.91. The summed E-state index contributed by atoms with van der Waals surface area (Å²) in [5.41, 5.74) is 3.14. The van der Waals surface area contributed by atoms with Crippen molar-refractivity contribution in [2.75, 3.05) is 24.6 Å². The number of fused-ring (bicyclic) bond motifs is 2. The van der Waals surface area contributed by atoms with Crippen LogP contribution in [0.3, 0.4) is 0 Å². The number of nitrogens with zero attached hydrogens (tertiary/aromatic N) is 2. The largest absolute Gasteiger partial charge is 0.491 e. The van der Waals surface area contributed by atoms with Gasteiger partial charge in [0.25, 0.3) is 0 Å². The number of ether oxygens (including phenoxy) is 1. The van der Waals surface area contributed by atoms with Gasteiger partial charge in [-0.3, -0.25) is 9.59 Å². The highest BCUT2D eigenvalue weighted by Crippen LogP contribution is 2.35. The monoisotopic (exact) mass is 364 g/mol. The Bertz CT molecular complexity index is 864. The zero-order valence-electron chi connectivity index (χ0n) is 15.6. The molecule has 0 aromatic heterocycles. The van der Waals surface area contributed by atoms with Crippen LogP contribution in [0.1, 0.15) is 36.9 Å². The Morgan fingerprint density at radius 2 is 1.85 bits per heavy atom. The number of amides is 2. The molecule has 2 aromatic carbocycles. The lowest BCUT2D eigenvalue weighted by Crippen LogP contribution is -2.42. The first-order valence-electron chi connectivity index (χ1n) is 9.52. The smallest absolute Gasteiger partial charge is 0.229 e. The highest BCUT2D eigenvalue weighted by Gasteiger charge is 2.33. The summed E-state index contributed by atoms with van der Waals surface area (Å²) in [6, 6.07) is 15.6. The van der Waals surface area contributed by atoms with E-state index in [4.69, 9.17) is 4.74 Å². The second kappa shape index (κ2) is 7.43. The minimum absolute atomic E-state index is 0.0157. The van der Waals surface area contributed by atoms with Crippen molar-refractivity contribution in [1.82, 2.24) is 4.90 Å². The molecule has 0 saturated heterocycles. The van der Waals surface area contributed by atoms with E-state index >= 15 is 0 Å². The van der Waals surface area contributed by atoms with E-state index in [1.54, 1.807) is 6.92 Å². The second-order valence-corrected chi connectivity index (χ2v) is 7.10. The van der Waals surface area contributed by atoms with Crippen LogP contribution in [0.4, 0.5) is 5.69 Å². The Morgan fingerprint density at radius 3 is 2.70 bits per heavy atom. The number of para-hydroxylation sites is 2. The molecule has 0 N–H and O–H groups in total. The van der Waals surface area contributed by atoms with Gasteiger partial charge in [0.2, 0.25) is 11.8 Å². The molecule has 0 saturated carbocycles. The first-order valence-corrected chi connectivity index (χ1v) is 9.52. The maximum Gasteiger partial charge on any atom is 0.229 e. The Hall–Kier alpha value is -2.82. The lowest BCUT2D eigenvalue weighted by atomic mass is 9.90. The van der Waals surface area contributed by atoms with Gasteiger partial charge in [0.1, 0.15) is 5.75 Å². The fourth-order valence-corrected chi connectivity index (χ4v) is 4.11. The molecule has 0 fully saturated rings. The van der Waals surface area contributed by atoms with Gasteiger partial charge in [0, 0.05) is 20.0 Å². The number of hydrogen-bond acceptors (Lipinski definition) is 3. The molecule has 1 unspecified atom stereocenters. The van der Waals surface area contributed by atoms with Gasteiger partial charge in [0.05, 0.1) is 24.8 Å². The van der Waals surface area contributed by atoms with Crippen LogP contribution in [-0.2, 0) is 16.0 Å². The molecule has 2 amide bonds. The maximum absolute atomic E-state index is 13.3. The van der Waals surface area contributed by atoms with Crippen LogP contribution in [0.5, 0.6) is 5.75 Å². The Labute approximate surface area is 159 Å². The average Bonchev–Trinajstić information content (AvgIpc) is 2.90. The molecule has 5 nitrogen and oxygen atoms in total. The Morgan fingerprint density at radius 1 is 1.07 bits per heavy atom. The molecular formula is C22H24N2O3. The van der Waals surface area contributed by atoms with Crippen molar-refractivity contribution in [2.45, 2.75) is 32.2 Å². The molecule has 2 aromatic rings. The Kier molecular flexibility index (Phi) is 4.84. The molecular weight excluding hydrogens is 340 g/mol. The summed E-state index contributed by atoms with van der Waals surface area (Å²) in [6.45, 7) is 3.47. The minimum Gasteiger partial charge on any atom is -0.491 e. The van der Waals surface area contributed by atoms with Crippen molar-refractivity contribution in [3.8, 4) is 5.75 Å². The van der Waals surface area contributed by atoms with Gasteiger partial charge in [-0.15, -0.1) is 0 Å². The lowest BCUT2D eigenvalue weighted by Gasteiger charge is -2.37. The number of hydrogen-bond donors (Lipinski definition) is 0. The van der Waals surface area contributed by atoms with E-state index in [0.29, 0.717) is 19.7 Å². The number of rotatable bonds is 2. The molecule has 0 bridgehead atoms. The zero-order chi connectivity index (χ0) is 18.8. The molecule has 2 heterocycles. The van der Waals surface area contributed by atoms with E-state index in [1.165, 1.54) is 5.56 Å². The fraction of sp³-hybridized carbons (Fsp3) is 0.364. The lowest BCUT2D eigenvalue weighted by molar-refractivity contribution is -0.133. The summed E-state index contributed by atoms with van der Waals surface area (Å²) in [5, 5.41) is 0. The van der Waals surface area contributed by atoms with Crippen molar-refractivity contribution >= 4 is 17.5 Å². The van der Waals surface area contributed by atoms with Crippen LogP contribution in [0.2, 0.25) is 0 Å². The van der Waals surface area contributed by atoms with E-state index in [9.17, 15) is 9.59 Å². The van der Waals surface area contributed by atoms with Crippen LogP contribution in [0, 0.1) is 0 Å². The fourth-order valence-electron chi connectivity index (χ4n) is 4.11. The summed E-state index contributed by atoms with van der Waals surface area (Å²) in [4.78, 5) is 29.2. The van der Waals surface area contributed by atoms with Crippen molar-refractivity contribution in [3.05, 3.63) is 59.7 Å². The normalized spacial score (nSPS) is 18.8. The molecule has 2 aliphatic heterocycles. The number of benzene rings is 2. The van der Waals surface area contributed by atoms with Crippen molar-refractivity contribution in [1.29, 1.82) is 0 Å². The van der Waals surface area contributed by atoms with Gasteiger partial charge < -0.3 is 14.5 Å². The van der Waals surface area contributed by atoms with Crippen LogP contribution in [0.25, 0.3) is 0 Å². The quantitative estimate of drug-likeness (QED) is 0.821. The molecule has 5 heteroatoms. The summed E-state index contributed by atoms with van der Waals surface area (Å²) in [7, 11) is 0. The topological polar surface area (TPSA) is 49.9 Å². The van der Waals surface area contributed by atoms with Gasteiger partial charge in [-0.05, 0) is 36.1 Å². The van der Waals surface area contributed by atoms with Crippen molar-refractivity contribution in [3.63, 3.8) is 0 Å². The zero-order valence-corrected chi connectivity index (χ0v) is 15.6. The predicted molar refractivity (Wildman–Crippen MR) is 104 cm³/mol. The van der Waals surface area contributed by atoms with E-state index in [2.05, 4.69) is 6.07 Å². The summed E-state index contributed by atoms with van der Waals surface area (Å²) >= 11 is 0. The van der Waals surface area contributed by atoms with Crippen molar-refractivity contribution < 1.29 is 14.3 Å². The van der Waals surface area contributed by atoms with Gasteiger partial charge in [0.15, 0.2) is 0 Å². The van der Waals surface area contributed by atoms with Gasteiger partial charge in [-0.25, -0.2) is 0 Å². The average molecular weight is 364 g/mol. The number of carbonyl (C=O) groups is 2. The SMILES string of the molecule is CC(=O)N1CCc2ccccc2C1CC(=O)N1CCCOc2ccccc21. The molecule has 27 heavy (non-hydrogen) atoms. The van der Waals surface area contributed by atoms with Crippen LogP contribution in [0.15, 0.2) is 48.5 Å². The molecule has 4 rings (SSSR count). The predicted octanol–water partition coefficient (Wildman–Crippen LogP) is 3.34. The standard InChI is InChI=1S/C22H24N2O3/c1-16(25)23-13-11-17-7-2-3-8-18(17)20(23)15-22(26)24-12-6-14-27-21-10-5-4-9-19(21)24/h2-5,7-10,20H,6,11-15H2,1H3. The molecule has 140 valence electrons. The second-order valence-electron chi connectivity index (χ2n) is 7.10. The van der Waals surface area contributed by atoms with Crippen molar-refractivity contribution in [2.24, 2.45) is 0 Å². The highest BCUT2D eigenvalue weighted by atomic mass is 16.5. The third-order valence-corrected chi connectivity index (χ3v) is 5.43. The van der Waals surface area contributed by atoms with E-state index in [0.717, 1.165) is 29.8 Å². The van der Waals surface area contributed by atoms with E-state index < -0.39 is 0 Å².